The van der Waals surface area contributed by atoms with Crippen LogP contribution in [0.15, 0.2) is 240 Å². The zero-order valence-electron chi connectivity index (χ0n) is 36.6. The molecule has 320 valence electrons. The monoisotopic (exact) mass is 906 g/mol. The van der Waals surface area contributed by atoms with Crippen molar-refractivity contribution in [1.29, 1.82) is 0 Å². The highest BCUT2D eigenvalue weighted by Gasteiger charge is 2.31. The number of furan rings is 2. The van der Waals surface area contributed by atoms with Crippen molar-refractivity contribution < 1.29 is 8.83 Å². The molecule has 0 N–H and O–H groups in total. The zero-order valence-corrected chi connectivity index (χ0v) is 38.2. The van der Waals surface area contributed by atoms with Crippen molar-refractivity contribution in [2.45, 2.75) is 27.5 Å². The molecule has 2 aliphatic heterocycles. The van der Waals surface area contributed by atoms with Crippen LogP contribution in [0.25, 0.3) is 87.7 Å². The van der Waals surface area contributed by atoms with E-state index in [2.05, 4.69) is 216 Å². The highest BCUT2D eigenvalue weighted by Crippen LogP contribution is 2.56. The Kier molecular flexibility index (Phi) is 8.32. The predicted octanol–water partition coefficient (Wildman–Crippen LogP) is 18.9. The lowest BCUT2D eigenvalue weighted by Gasteiger charge is -2.36. The molecular weight excluding hydrogens is 869 g/mol. The van der Waals surface area contributed by atoms with E-state index in [4.69, 9.17) is 8.83 Å². The number of hydrogen-bond acceptors (Lipinski definition) is 6. The molecule has 0 amide bonds. The maximum atomic E-state index is 6.95. The molecule has 0 spiro atoms. The van der Waals surface area contributed by atoms with Crippen LogP contribution in [0.2, 0.25) is 0 Å². The Morgan fingerprint density at radius 1 is 0.382 bits per heavy atom. The summed E-state index contributed by atoms with van der Waals surface area (Å²) >= 11 is 3.71. The first kappa shape index (κ1) is 38.2. The topological polar surface area (TPSA) is 32.8 Å². The third-order valence-electron chi connectivity index (χ3n) is 14.1. The third kappa shape index (κ3) is 5.59. The maximum absolute atomic E-state index is 6.95. The van der Waals surface area contributed by atoms with Gasteiger partial charge >= 0.3 is 0 Å². The minimum atomic E-state index is 0.881. The Morgan fingerprint density at radius 2 is 0.853 bits per heavy atom. The molecule has 2 aromatic heterocycles. The second-order valence-corrected chi connectivity index (χ2v) is 20.0. The second kappa shape index (κ2) is 14.8. The lowest BCUT2D eigenvalue weighted by molar-refractivity contribution is 0.669. The molecule has 0 saturated carbocycles. The fourth-order valence-electron chi connectivity index (χ4n) is 11.2. The molecule has 68 heavy (non-hydrogen) atoms. The van der Waals surface area contributed by atoms with Gasteiger partial charge in [0.15, 0.2) is 0 Å². The molecule has 3 aliphatic rings. The average Bonchev–Trinajstić information content (AvgIpc) is 3.98. The van der Waals surface area contributed by atoms with Gasteiger partial charge in [0, 0.05) is 80.5 Å². The molecule has 0 fully saturated rings. The summed E-state index contributed by atoms with van der Waals surface area (Å²) in [6, 6.07) is 70.8. The Hall–Kier alpha value is -7.90. The quantitative estimate of drug-likeness (QED) is 0.164. The SMILES string of the molecule is C1=CC2=C(CC1)N(c1ccc3c(-c4cccc5c4oc4ccccc45)c4cc(N5c6ccccc6Sc6ccccc65)ccc4c(-c4cccc5c4oc4ccccc45)c3c1)c1ccccc1S2. The van der Waals surface area contributed by atoms with E-state index in [1.165, 1.54) is 42.4 Å². The lowest BCUT2D eigenvalue weighted by Crippen LogP contribution is -2.22. The van der Waals surface area contributed by atoms with Crippen molar-refractivity contribution in [3.8, 4) is 22.3 Å². The summed E-state index contributed by atoms with van der Waals surface area (Å²) in [5.41, 5.74) is 15.0. The van der Waals surface area contributed by atoms with Gasteiger partial charge in [0.05, 0.1) is 17.1 Å². The number of para-hydroxylation sites is 7. The van der Waals surface area contributed by atoms with E-state index in [1.807, 2.05) is 23.5 Å². The summed E-state index contributed by atoms with van der Waals surface area (Å²) in [5.74, 6) is 0. The number of thioether (sulfide) groups is 1. The van der Waals surface area contributed by atoms with Crippen molar-refractivity contribution >= 4 is 117 Å². The number of nitrogens with zero attached hydrogens (tertiary/aromatic N) is 2. The summed E-state index contributed by atoms with van der Waals surface area (Å²) in [4.78, 5) is 9.98. The van der Waals surface area contributed by atoms with Gasteiger partial charge in [-0.15, -0.1) is 0 Å². The molecule has 10 aromatic carbocycles. The minimum absolute atomic E-state index is 0.881. The van der Waals surface area contributed by atoms with Gasteiger partial charge in [-0.25, -0.2) is 0 Å². The fourth-order valence-corrected chi connectivity index (χ4v) is 13.3. The van der Waals surface area contributed by atoms with E-state index in [9.17, 15) is 0 Å². The Bertz CT molecular complexity index is 4150. The second-order valence-electron chi connectivity index (χ2n) is 17.8. The van der Waals surface area contributed by atoms with E-state index in [1.54, 1.807) is 0 Å². The number of allylic oxidation sites excluding steroid dienone is 3. The van der Waals surface area contributed by atoms with Crippen LogP contribution in [-0.4, -0.2) is 0 Å². The summed E-state index contributed by atoms with van der Waals surface area (Å²) in [6.07, 6.45) is 6.61. The predicted molar refractivity (Wildman–Crippen MR) is 286 cm³/mol. The lowest BCUT2D eigenvalue weighted by atomic mass is 9.84. The number of hydrogen-bond donors (Lipinski definition) is 0. The Balaban J connectivity index is 1.10. The third-order valence-corrected chi connectivity index (χ3v) is 16.4. The first-order chi connectivity index (χ1) is 33.7. The van der Waals surface area contributed by atoms with Gasteiger partial charge in [-0.1, -0.05) is 157 Å². The van der Waals surface area contributed by atoms with E-state index in [0.29, 0.717) is 0 Å². The standard InChI is InChI=1S/C62H38N2O2S2/c1-7-25-53-39(15-1)43-17-13-19-45(61(43)65-53)59-41-33-31-38(64-51-23-5-11-29-57(51)68-58-30-12-6-24-52(58)64)36-48(41)60(46-20-14-18-44-40-16-2-8-26-54(40)66-62(44)46)42-34-32-37(35-47(42)59)63-49-21-3-9-27-55(49)67-56-28-10-4-22-50(56)63/h1-5,7-23,25-36H,6,24H2. The largest absolute Gasteiger partial charge is 0.455 e. The molecular formula is C62H38N2O2S2. The molecule has 15 rings (SSSR count). The Labute approximate surface area is 400 Å². The van der Waals surface area contributed by atoms with Crippen LogP contribution in [-0.2, 0) is 0 Å². The number of fused-ring (bicyclic) bond motifs is 11. The Morgan fingerprint density at radius 3 is 1.43 bits per heavy atom. The van der Waals surface area contributed by atoms with Crippen LogP contribution in [0.5, 0.6) is 0 Å². The molecule has 4 heterocycles. The van der Waals surface area contributed by atoms with Gasteiger partial charge in [0.2, 0.25) is 0 Å². The van der Waals surface area contributed by atoms with Crippen molar-refractivity contribution in [2.24, 2.45) is 0 Å². The van der Waals surface area contributed by atoms with E-state index >= 15 is 0 Å². The van der Waals surface area contributed by atoms with Gasteiger partial charge in [0.1, 0.15) is 22.3 Å². The van der Waals surface area contributed by atoms with Gasteiger partial charge in [-0.3, -0.25) is 0 Å². The van der Waals surface area contributed by atoms with Crippen LogP contribution in [0.3, 0.4) is 0 Å². The first-order valence-corrected chi connectivity index (χ1v) is 24.8. The van der Waals surface area contributed by atoms with Crippen molar-refractivity contribution in [3.05, 3.63) is 217 Å². The van der Waals surface area contributed by atoms with Crippen molar-refractivity contribution in [1.82, 2.24) is 0 Å². The first-order valence-electron chi connectivity index (χ1n) is 23.2. The smallest absolute Gasteiger partial charge is 0.143 e. The van der Waals surface area contributed by atoms with Crippen LogP contribution >= 0.6 is 23.5 Å². The number of rotatable bonds is 4. The minimum Gasteiger partial charge on any atom is -0.455 e. The van der Waals surface area contributed by atoms with Gasteiger partial charge in [-0.2, -0.15) is 0 Å². The summed E-state index contributed by atoms with van der Waals surface area (Å²) in [6.45, 7) is 0. The molecule has 0 unspecified atom stereocenters. The summed E-state index contributed by atoms with van der Waals surface area (Å²) < 4.78 is 13.9. The molecule has 0 bridgehead atoms. The normalized spacial score (nSPS) is 14.4. The van der Waals surface area contributed by atoms with E-state index < -0.39 is 0 Å². The average molecular weight is 907 g/mol. The van der Waals surface area contributed by atoms with Gasteiger partial charge in [0.25, 0.3) is 0 Å². The molecule has 0 radical (unpaired) electrons. The van der Waals surface area contributed by atoms with Gasteiger partial charge in [-0.05, 0) is 107 Å². The fraction of sp³-hybridized carbons (Fsp3) is 0.0323. The molecule has 4 nitrogen and oxygen atoms in total. The summed E-state index contributed by atoms with van der Waals surface area (Å²) in [5, 5.41) is 8.99. The molecule has 0 atom stereocenters. The van der Waals surface area contributed by atoms with E-state index in [-0.39, 0.29) is 0 Å². The van der Waals surface area contributed by atoms with Crippen LogP contribution in [0, 0.1) is 0 Å². The highest BCUT2D eigenvalue weighted by atomic mass is 32.2. The molecule has 12 aromatic rings. The van der Waals surface area contributed by atoms with Crippen molar-refractivity contribution in [3.63, 3.8) is 0 Å². The van der Waals surface area contributed by atoms with Crippen LogP contribution in [0.1, 0.15) is 12.8 Å². The van der Waals surface area contributed by atoms with Gasteiger partial charge < -0.3 is 18.6 Å². The number of benzene rings is 10. The summed E-state index contributed by atoms with van der Waals surface area (Å²) in [7, 11) is 0. The molecule has 6 heteroatoms. The van der Waals surface area contributed by atoms with Crippen molar-refractivity contribution in [2.75, 3.05) is 9.80 Å². The maximum Gasteiger partial charge on any atom is 0.143 e. The van der Waals surface area contributed by atoms with Crippen LogP contribution in [0.4, 0.5) is 28.4 Å². The van der Waals surface area contributed by atoms with Crippen LogP contribution < -0.4 is 9.80 Å². The highest BCUT2D eigenvalue weighted by molar-refractivity contribution is 8.03. The zero-order chi connectivity index (χ0) is 44.5. The molecule has 0 saturated heterocycles. The number of anilines is 5. The van der Waals surface area contributed by atoms with E-state index in [0.717, 1.165) is 112 Å². The molecule has 1 aliphatic carbocycles.